The van der Waals surface area contributed by atoms with Crippen LogP contribution in [0.1, 0.15) is 52.8 Å². The molecule has 3 N–H and O–H groups in total. The van der Waals surface area contributed by atoms with Gasteiger partial charge in [0.2, 0.25) is 5.89 Å². The van der Waals surface area contributed by atoms with Gasteiger partial charge in [-0.25, -0.2) is 13.2 Å². The van der Waals surface area contributed by atoms with E-state index in [-0.39, 0.29) is 30.3 Å². The van der Waals surface area contributed by atoms with E-state index in [0.717, 1.165) is 6.42 Å². The van der Waals surface area contributed by atoms with Crippen LogP contribution in [0.3, 0.4) is 0 Å². The number of halogens is 3. The molecule has 1 unspecified atom stereocenters. The predicted molar refractivity (Wildman–Crippen MR) is 178 cm³/mol. The van der Waals surface area contributed by atoms with Gasteiger partial charge >= 0.3 is 0 Å². The van der Waals surface area contributed by atoms with Gasteiger partial charge in [0.1, 0.15) is 17.5 Å². The van der Waals surface area contributed by atoms with Gasteiger partial charge < -0.3 is 20.2 Å². The Kier molecular flexibility index (Phi) is 11.2. The first-order valence-electron chi connectivity index (χ1n) is 15.9. The molecule has 12 heteroatoms. The third kappa shape index (κ3) is 8.48. The summed E-state index contributed by atoms with van der Waals surface area (Å²) in [7, 11) is 0. The van der Waals surface area contributed by atoms with E-state index in [0.29, 0.717) is 65.1 Å². The van der Waals surface area contributed by atoms with E-state index in [1.165, 1.54) is 42.1 Å². The standard InChI is InChI=1S/C36H36F3N5O3S/c37-26-8-4-22(5-9-26)33(23-6-10-27(38)11-7-23)34(40)32(45)18-25-2-1-3-31(39)30(25)13-12-28-19-42-20-29(46-28)21-48-36-44-43-35(47-36)24-14-16-41-17-15-24/h1-11,14,16-17,24,28-29,33-34,42H,12-13,15,18-21,40H2/t24?,28-,29+,34-/m1/s1. The molecule has 48 heavy (non-hydrogen) atoms. The second-order valence-electron chi connectivity index (χ2n) is 11.9. The second kappa shape index (κ2) is 15.9. The van der Waals surface area contributed by atoms with Crippen molar-refractivity contribution in [1.82, 2.24) is 15.5 Å². The van der Waals surface area contributed by atoms with Gasteiger partial charge in [0.25, 0.3) is 5.22 Å². The molecule has 250 valence electrons. The zero-order chi connectivity index (χ0) is 33.5. The summed E-state index contributed by atoms with van der Waals surface area (Å²) in [6.07, 6.45) is 6.74. The zero-order valence-electron chi connectivity index (χ0n) is 26.1. The number of ketones is 1. The minimum absolute atomic E-state index is 0.0293. The lowest BCUT2D eigenvalue weighted by Gasteiger charge is -2.31. The molecule has 2 aliphatic heterocycles. The van der Waals surface area contributed by atoms with Crippen molar-refractivity contribution in [2.75, 3.05) is 18.8 Å². The van der Waals surface area contributed by atoms with E-state index in [4.69, 9.17) is 14.9 Å². The number of hydrogen-bond acceptors (Lipinski definition) is 9. The van der Waals surface area contributed by atoms with Gasteiger partial charge in [0.05, 0.1) is 24.2 Å². The number of aromatic nitrogens is 2. The van der Waals surface area contributed by atoms with Gasteiger partial charge in [0.15, 0.2) is 5.78 Å². The average molecular weight is 676 g/mol. The quantitative estimate of drug-likeness (QED) is 0.168. The number of nitrogens with two attached hydrogens (primary N) is 1. The molecule has 4 aromatic rings. The van der Waals surface area contributed by atoms with Crippen LogP contribution in [0, 0.1) is 17.5 Å². The summed E-state index contributed by atoms with van der Waals surface area (Å²) in [5.74, 6) is -1.02. The molecule has 0 saturated carbocycles. The minimum atomic E-state index is -1.04. The largest absolute Gasteiger partial charge is 0.415 e. The molecular weight excluding hydrogens is 639 g/mol. The van der Waals surface area contributed by atoms with E-state index < -0.39 is 29.4 Å². The summed E-state index contributed by atoms with van der Waals surface area (Å²) in [6.45, 7) is 1.28. The second-order valence-corrected chi connectivity index (χ2v) is 12.9. The molecule has 0 aliphatic carbocycles. The fourth-order valence-corrected chi connectivity index (χ4v) is 6.85. The monoisotopic (exact) mass is 675 g/mol. The van der Waals surface area contributed by atoms with Crippen molar-refractivity contribution >= 4 is 23.8 Å². The molecule has 0 amide bonds. The third-order valence-electron chi connectivity index (χ3n) is 8.62. The Bertz CT molecular complexity index is 1700. The highest BCUT2D eigenvalue weighted by Gasteiger charge is 2.29. The summed E-state index contributed by atoms with van der Waals surface area (Å²) < 4.78 is 54.8. The third-order valence-corrected chi connectivity index (χ3v) is 9.57. The van der Waals surface area contributed by atoms with Gasteiger partial charge in [-0.05, 0) is 71.8 Å². The zero-order valence-corrected chi connectivity index (χ0v) is 26.9. The van der Waals surface area contributed by atoms with Crippen molar-refractivity contribution in [1.29, 1.82) is 0 Å². The number of aliphatic imine (C=N–C) groups is 1. The maximum Gasteiger partial charge on any atom is 0.276 e. The molecule has 1 aromatic heterocycles. The highest BCUT2D eigenvalue weighted by Crippen LogP contribution is 2.30. The predicted octanol–water partition coefficient (Wildman–Crippen LogP) is 5.91. The normalized spacial score (nSPS) is 19.9. The fraction of sp³-hybridized carbons (Fsp3) is 0.333. The van der Waals surface area contributed by atoms with Crippen molar-refractivity contribution in [2.45, 2.75) is 61.0 Å². The van der Waals surface area contributed by atoms with E-state index >= 15 is 4.39 Å². The van der Waals surface area contributed by atoms with Crippen LogP contribution < -0.4 is 11.1 Å². The number of Topliss-reactive ketones (excluding diaryl/α,β-unsaturated/α-hetero) is 1. The SMILES string of the molecule is N[C@H](C(=O)Cc1cccc(F)c1CC[C@@H]1CNC[C@@H](CSc2nnc(C3C=CN=CC3)o2)O1)C(c1ccc(F)cc1)c1ccc(F)cc1. The van der Waals surface area contributed by atoms with Crippen LogP contribution in [0.2, 0.25) is 0 Å². The maximum atomic E-state index is 15.2. The van der Waals surface area contributed by atoms with Crippen LogP contribution in [-0.2, 0) is 22.4 Å². The van der Waals surface area contributed by atoms with E-state index in [1.807, 2.05) is 12.3 Å². The summed E-state index contributed by atoms with van der Waals surface area (Å²) in [5, 5.41) is 12.2. The van der Waals surface area contributed by atoms with Crippen LogP contribution in [-0.4, -0.2) is 59.3 Å². The maximum absolute atomic E-state index is 15.2. The molecule has 6 rings (SSSR count). The molecule has 0 radical (unpaired) electrons. The number of rotatable bonds is 13. The Morgan fingerprint density at radius 2 is 1.67 bits per heavy atom. The molecule has 8 nitrogen and oxygen atoms in total. The van der Waals surface area contributed by atoms with Gasteiger partial charge in [-0.1, -0.05) is 54.2 Å². The molecule has 0 spiro atoms. The number of hydrogen-bond donors (Lipinski definition) is 2. The van der Waals surface area contributed by atoms with Crippen molar-refractivity contribution in [3.05, 3.63) is 125 Å². The number of allylic oxidation sites excluding steroid dienone is 1. The highest BCUT2D eigenvalue weighted by molar-refractivity contribution is 7.99. The lowest BCUT2D eigenvalue weighted by molar-refractivity contribution is -0.119. The number of morpholine rings is 1. The number of carbonyl (C=O) groups excluding carboxylic acids is 1. The molecule has 0 bridgehead atoms. The summed E-state index contributed by atoms with van der Waals surface area (Å²) in [6, 6.07) is 15.1. The molecule has 3 aromatic carbocycles. The first-order chi connectivity index (χ1) is 23.3. The molecule has 2 aliphatic rings. The Morgan fingerprint density at radius 1 is 0.958 bits per heavy atom. The van der Waals surface area contributed by atoms with Crippen LogP contribution in [0.25, 0.3) is 0 Å². The molecule has 4 atom stereocenters. The first-order valence-corrected chi connectivity index (χ1v) is 16.9. The van der Waals surface area contributed by atoms with Gasteiger partial charge in [-0.15, -0.1) is 10.2 Å². The lowest BCUT2D eigenvalue weighted by Crippen LogP contribution is -2.46. The van der Waals surface area contributed by atoms with Crippen LogP contribution in [0.15, 0.2) is 93.6 Å². The van der Waals surface area contributed by atoms with E-state index in [1.54, 1.807) is 42.6 Å². The Morgan fingerprint density at radius 3 is 2.35 bits per heavy atom. The average Bonchev–Trinajstić information content (AvgIpc) is 3.59. The molecule has 3 heterocycles. The number of thioether (sulfide) groups is 1. The van der Waals surface area contributed by atoms with Gasteiger partial charge in [-0.3, -0.25) is 9.79 Å². The first kappa shape index (κ1) is 33.8. The molecule has 1 fully saturated rings. The van der Waals surface area contributed by atoms with Crippen molar-refractivity contribution in [3.63, 3.8) is 0 Å². The summed E-state index contributed by atoms with van der Waals surface area (Å²) in [5.41, 5.74) is 8.80. The van der Waals surface area contributed by atoms with Crippen molar-refractivity contribution < 1.29 is 27.1 Å². The van der Waals surface area contributed by atoms with Gasteiger partial charge in [-0.2, -0.15) is 0 Å². The number of ether oxygens (including phenoxy) is 1. The van der Waals surface area contributed by atoms with Gasteiger partial charge in [0, 0.05) is 43.6 Å². The molecule has 1 saturated heterocycles. The highest BCUT2D eigenvalue weighted by atomic mass is 32.2. The Balaban J connectivity index is 1.07. The number of nitrogens with zero attached hydrogens (tertiary/aromatic N) is 3. The van der Waals surface area contributed by atoms with Crippen molar-refractivity contribution in [2.24, 2.45) is 10.7 Å². The smallest absolute Gasteiger partial charge is 0.276 e. The van der Waals surface area contributed by atoms with Crippen LogP contribution >= 0.6 is 11.8 Å². The topological polar surface area (TPSA) is 116 Å². The van der Waals surface area contributed by atoms with Crippen molar-refractivity contribution in [3.8, 4) is 0 Å². The number of nitrogens with one attached hydrogen (secondary N) is 1. The Labute approximate surface area is 281 Å². The summed E-state index contributed by atoms with van der Waals surface area (Å²) in [4.78, 5) is 17.7. The number of carbonyl (C=O) groups is 1. The fourth-order valence-electron chi connectivity index (χ4n) is 6.08. The van der Waals surface area contributed by atoms with Crippen LogP contribution in [0.4, 0.5) is 13.2 Å². The number of benzene rings is 3. The van der Waals surface area contributed by atoms with E-state index in [9.17, 15) is 13.6 Å². The Hall–Kier alpha value is -4.10. The van der Waals surface area contributed by atoms with Crippen LogP contribution in [0.5, 0.6) is 0 Å². The molecular formula is C36H36F3N5O3S. The summed E-state index contributed by atoms with van der Waals surface area (Å²) >= 11 is 1.43. The minimum Gasteiger partial charge on any atom is -0.415 e. The lowest BCUT2D eigenvalue weighted by atomic mass is 9.82. The van der Waals surface area contributed by atoms with E-state index in [2.05, 4.69) is 20.5 Å².